The first-order chi connectivity index (χ1) is 13.1. The minimum absolute atomic E-state index is 0.360. The number of hydrogen-bond donors (Lipinski definition) is 0. The molecule has 0 amide bonds. The van der Waals surface area contributed by atoms with Crippen LogP contribution >= 0.6 is 0 Å². The molecule has 1 aliphatic carbocycles. The van der Waals surface area contributed by atoms with Crippen molar-refractivity contribution in [3.8, 4) is 0 Å². The average molecular weight is 390 g/mol. The first-order valence-corrected chi connectivity index (χ1v) is 12.3. The topological polar surface area (TPSA) is 9.72 Å². The van der Waals surface area contributed by atoms with Crippen molar-refractivity contribution in [1.29, 1.82) is 0 Å². The van der Waals surface area contributed by atoms with Crippen LogP contribution in [-0.2, 0) is 0 Å². The second kappa shape index (κ2) is 7.85. The van der Waals surface area contributed by atoms with Gasteiger partial charge in [-0.1, -0.05) is 20.8 Å². The normalized spacial score (nSPS) is 35.6. The molecule has 0 aromatic carbocycles. The van der Waals surface area contributed by atoms with Crippen molar-refractivity contribution in [3.63, 3.8) is 0 Å². The highest BCUT2D eigenvalue weighted by molar-refractivity contribution is 4.99. The lowest BCUT2D eigenvalue weighted by molar-refractivity contribution is 0.0404. The van der Waals surface area contributed by atoms with Gasteiger partial charge in [0.2, 0.25) is 0 Å². The first kappa shape index (κ1) is 21.1. The van der Waals surface area contributed by atoms with Crippen LogP contribution < -0.4 is 0 Å². The molecule has 0 spiro atoms. The largest absolute Gasteiger partial charge is 0.300 e. The molecule has 162 valence electrons. The van der Waals surface area contributed by atoms with Crippen LogP contribution in [0.15, 0.2) is 0 Å². The van der Waals surface area contributed by atoms with E-state index in [1.165, 1.54) is 77.8 Å². The van der Waals surface area contributed by atoms with Gasteiger partial charge in [0, 0.05) is 30.7 Å². The molecule has 0 radical (unpaired) electrons. The van der Waals surface area contributed by atoms with Gasteiger partial charge in [0.15, 0.2) is 0 Å². The van der Waals surface area contributed by atoms with E-state index in [9.17, 15) is 0 Å². The molecule has 0 N–H and O–H groups in total. The monoisotopic (exact) mass is 389 g/mol. The number of hydrogen-bond acceptors (Lipinski definition) is 3. The lowest BCUT2D eigenvalue weighted by Gasteiger charge is -2.45. The molecule has 3 nitrogen and oxygen atoms in total. The molecular formula is C25H47N3. The Balaban J connectivity index is 1.21. The smallest absolute Gasteiger partial charge is 0.0125 e. The van der Waals surface area contributed by atoms with Crippen molar-refractivity contribution >= 4 is 0 Å². The molecule has 2 unspecified atom stereocenters. The Kier molecular flexibility index (Phi) is 5.92. The fourth-order valence-corrected chi connectivity index (χ4v) is 6.86. The quantitative estimate of drug-likeness (QED) is 0.677. The molecule has 28 heavy (non-hydrogen) atoms. The standard InChI is InChI=1S/C25H47N3/c1-24(2,3)21-7-11-26(12-8-21)22-9-13-27(14-10-22)23-15-19-17-28(25(4,5)6)18-20(19)16-23/h19-23H,7-18H2,1-6H3. The van der Waals surface area contributed by atoms with Gasteiger partial charge in [-0.3, -0.25) is 4.90 Å². The molecule has 2 atom stereocenters. The summed E-state index contributed by atoms with van der Waals surface area (Å²) in [4.78, 5) is 8.48. The summed E-state index contributed by atoms with van der Waals surface area (Å²) < 4.78 is 0. The Labute approximate surface area is 175 Å². The summed E-state index contributed by atoms with van der Waals surface area (Å²) in [6.07, 6.45) is 8.61. The predicted octanol–water partition coefficient (Wildman–Crippen LogP) is 4.72. The van der Waals surface area contributed by atoms with Gasteiger partial charge in [0.05, 0.1) is 0 Å². The average Bonchev–Trinajstić information content (AvgIpc) is 3.20. The van der Waals surface area contributed by atoms with Crippen molar-refractivity contribution in [3.05, 3.63) is 0 Å². The van der Waals surface area contributed by atoms with Crippen LogP contribution in [0.1, 0.15) is 80.1 Å². The van der Waals surface area contributed by atoms with Crippen molar-refractivity contribution in [2.24, 2.45) is 23.2 Å². The van der Waals surface area contributed by atoms with E-state index < -0.39 is 0 Å². The molecule has 3 saturated heterocycles. The van der Waals surface area contributed by atoms with Crippen LogP contribution in [0.25, 0.3) is 0 Å². The summed E-state index contributed by atoms with van der Waals surface area (Å²) >= 11 is 0. The number of likely N-dealkylation sites (tertiary alicyclic amines) is 3. The van der Waals surface area contributed by atoms with E-state index in [0.29, 0.717) is 11.0 Å². The highest BCUT2D eigenvalue weighted by Gasteiger charge is 2.45. The maximum Gasteiger partial charge on any atom is 0.0125 e. The highest BCUT2D eigenvalue weighted by atomic mass is 15.2. The summed E-state index contributed by atoms with van der Waals surface area (Å²) in [5.74, 6) is 2.87. The van der Waals surface area contributed by atoms with Crippen LogP contribution in [0, 0.1) is 23.2 Å². The zero-order valence-electron chi connectivity index (χ0n) is 19.7. The Hall–Kier alpha value is -0.120. The summed E-state index contributed by atoms with van der Waals surface area (Å²) in [5.41, 5.74) is 0.858. The Morgan fingerprint density at radius 1 is 0.607 bits per heavy atom. The molecule has 4 fully saturated rings. The van der Waals surface area contributed by atoms with Crippen LogP contribution in [0.5, 0.6) is 0 Å². The fraction of sp³-hybridized carbons (Fsp3) is 1.00. The lowest BCUT2D eigenvalue weighted by atomic mass is 9.75. The SMILES string of the molecule is CC(C)(C)C1CCN(C2CCN(C3CC4CN(C(C)(C)C)CC4C3)CC2)CC1. The molecule has 3 aliphatic heterocycles. The zero-order chi connectivity index (χ0) is 20.1. The van der Waals surface area contributed by atoms with Crippen molar-refractivity contribution in [2.45, 2.75) is 97.7 Å². The summed E-state index contributed by atoms with van der Waals surface area (Å²) in [6, 6.07) is 1.76. The van der Waals surface area contributed by atoms with Crippen LogP contribution in [0.2, 0.25) is 0 Å². The molecule has 3 heteroatoms. The maximum atomic E-state index is 2.89. The van der Waals surface area contributed by atoms with E-state index in [0.717, 1.165) is 29.8 Å². The minimum atomic E-state index is 0.360. The lowest BCUT2D eigenvalue weighted by Crippen LogP contribution is -2.50. The maximum absolute atomic E-state index is 2.89. The van der Waals surface area contributed by atoms with Gasteiger partial charge in [0.1, 0.15) is 0 Å². The van der Waals surface area contributed by atoms with Crippen molar-refractivity contribution < 1.29 is 0 Å². The van der Waals surface area contributed by atoms with E-state index in [4.69, 9.17) is 0 Å². The van der Waals surface area contributed by atoms with E-state index in [2.05, 4.69) is 56.2 Å². The van der Waals surface area contributed by atoms with E-state index in [-0.39, 0.29) is 0 Å². The molecule has 4 aliphatic rings. The molecule has 0 aromatic rings. The van der Waals surface area contributed by atoms with Gasteiger partial charge in [-0.15, -0.1) is 0 Å². The number of rotatable bonds is 2. The fourth-order valence-electron chi connectivity index (χ4n) is 6.86. The van der Waals surface area contributed by atoms with Gasteiger partial charge in [0.25, 0.3) is 0 Å². The highest BCUT2D eigenvalue weighted by Crippen LogP contribution is 2.43. The number of nitrogens with zero attached hydrogens (tertiary/aromatic N) is 3. The second-order valence-electron chi connectivity index (χ2n) is 12.7. The van der Waals surface area contributed by atoms with Gasteiger partial charge in [-0.25, -0.2) is 0 Å². The van der Waals surface area contributed by atoms with Crippen molar-refractivity contribution in [2.75, 3.05) is 39.3 Å². The second-order valence-corrected chi connectivity index (χ2v) is 12.7. The minimum Gasteiger partial charge on any atom is -0.300 e. The Morgan fingerprint density at radius 2 is 1.07 bits per heavy atom. The Morgan fingerprint density at radius 3 is 1.54 bits per heavy atom. The third-order valence-corrected chi connectivity index (χ3v) is 8.96. The van der Waals surface area contributed by atoms with Gasteiger partial charge in [-0.05, 0) is 109 Å². The molecule has 0 aromatic heterocycles. The zero-order valence-corrected chi connectivity index (χ0v) is 19.7. The summed E-state index contributed by atoms with van der Waals surface area (Å²) in [7, 11) is 0. The predicted molar refractivity (Wildman–Crippen MR) is 120 cm³/mol. The van der Waals surface area contributed by atoms with Crippen LogP contribution in [0.3, 0.4) is 0 Å². The third-order valence-electron chi connectivity index (χ3n) is 8.96. The van der Waals surface area contributed by atoms with Gasteiger partial charge >= 0.3 is 0 Å². The van der Waals surface area contributed by atoms with Crippen LogP contribution in [0.4, 0.5) is 0 Å². The summed E-state index contributed by atoms with van der Waals surface area (Å²) in [6.45, 7) is 22.6. The van der Waals surface area contributed by atoms with E-state index in [1.807, 2.05) is 0 Å². The third kappa shape index (κ3) is 4.47. The Bertz CT molecular complexity index is 501. The van der Waals surface area contributed by atoms with Crippen molar-refractivity contribution in [1.82, 2.24) is 14.7 Å². The first-order valence-electron chi connectivity index (χ1n) is 12.3. The van der Waals surface area contributed by atoms with E-state index in [1.54, 1.807) is 0 Å². The molecule has 3 heterocycles. The molecule has 1 saturated carbocycles. The van der Waals surface area contributed by atoms with E-state index >= 15 is 0 Å². The van der Waals surface area contributed by atoms with Gasteiger partial charge in [-0.2, -0.15) is 0 Å². The number of piperidine rings is 2. The molecule has 0 bridgehead atoms. The molecular weight excluding hydrogens is 342 g/mol. The van der Waals surface area contributed by atoms with Crippen LogP contribution in [-0.4, -0.2) is 71.6 Å². The number of fused-ring (bicyclic) bond motifs is 1. The molecule has 4 rings (SSSR count). The summed E-state index contributed by atoms with van der Waals surface area (Å²) in [5, 5.41) is 0. The van der Waals surface area contributed by atoms with Gasteiger partial charge < -0.3 is 9.80 Å².